The second-order valence-corrected chi connectivity index (χ2v) is 4.19. The Labute approximate surface area is 100 Å². The number of aromatic nitrogens is 1. The largest absolute Gasteiger partial charge is 0.398 e. The third-order valence-corrected chi connectivity index (χ3v) is 3.05. The van der Waals surface area contributed by atoms with Gasteiger partial charge in [-0.1, -0.05) is 18.2 Å². The molecule has 0 amide bonds. The van der Waals surface area contributed by atoms with Crippen LogP contribution in [0.1, 0.15) is 0 Å². The van der Waals surface area contributed by atoms with Crippen LogP contribution in [0.2, 0.25) is 0 Å². The van der Waals surface area contributed by atoms with E-state index in [9.17, 15) is 0 Å². The highest BCUT2D eigenvalue weighted by Gasteiger charge is 2.10. The number of hydrogen-bond donors (Lipinski definition) is 0. The lowest BCUT2D eigenvalue weighted by atomic mass is 10.3. The molecule has 1 fully saturated rings. The van der Waals surface area contributed by atoms with Crippen molar-refractivity contribution in [2.45, 2.75) is 0 Å². The van der Waals surface area contributed by atoms with Crippen molar-refractivity contribution in [2.75, 3.05) is 33.0 Å². The second-order valence-electron chi connectivity index (χ2n) is 4.19. The highest BCUT2D eigenvalue weighted by atomic mass is 16.7. The van der Waals surface area contributed by atoms with Crippen LogP contribution >= 0.6 is 0 Å². The lowest BCUT2D eigenvalue weighted by Gasteiger charge is -2.26. The van der Waals surface area contributed by atoms with Crippen LogP contribution in [0.3, 0.4) is 0 Å². The SMILES string of the molecule is c1ccc2c(c1)ccn2OCN1CCOCC1. The summed E-state index contributed by atoms with van der Waals surface area (Å²) in [5.74, 6) is 0. The molecule has 17 heavy (non-hydrogen) atoms. The van der Waals surface area contributed by atoms with Gasteiger partial charge >= 0.3 is 0 Å². The van der Waals surface area contributed by atoms with E-state index in [4.69, 9.17) is 9.57 Å². The van der Waals surface area contributed by atoms with Crippen molar-refractivity contribution >= 4 is 10.9 Å². The molecule has 2 heterocycles. The van der Waals surface area contributed by atoms with E-state index in [1.165, 1.54) is 5.39 Å². The maximum absolute atomic E-state index is 5.79. The minimum Gasteiger partial charge on any atom is -0.398 e. The Morgan fingerprint density at radius 1 is 1.12 bits per heavy atom. The summed E-state index contributed by atoms with van der Waals surface area (Å²) >= 11 is 0. The van der Waals surface area contributed by atoms with E-state index in [1.54, 1.807) is 0 Å². The molecule has 0 N–H and O–H groups in total. The van der Waals surface area contributed by atoms with Crippen LogP contribution in [0.4, 0.5) is 0 Å². The summed E-state index contributed by atoms with van der Waals surface area (Å²) in [5, 5.41) is 1.20. The average Bonchev–Trinajstić information content (AvgIpc) is 2.81. The highest BCUT2D eigenvalue weighted by Crippen LogP contribution is 2.13. The quantitative estimate of drug-likeness (QED) is 0.799. The van der Waals surface area contributed by atoms with E-state index < -0.39 is 0 Å². The Hall–Kier alpha value is -1.52. The molecule has 1 aromatic heterocycles. The maximum Gasteiger partial charge on any atom is 0.168 e. The molecule has 0 bridgehead atoms. The van der Waals surface area contributed by atoms with E-state index in [0.717, 1.165) is 31.8 Å². The summed E-state index contributed by atoms with van der Waals surface area (Å²) in [5.41, 5.74) is 1.11. The zero-order valence-corrected chi connectivity index (χ0v) is 9.71. The lowest BCUT2D eigenvalue weighted by molar-refractivity contribution is -0.0343. The van der Waals surface area contributed by atoms with Gasteiger partial charge in [0.05, 0.1) is 18.7 Å². The molecule has 90 valence electrons. The molecule has 0 unspecified atom stereocenters. The van der Waals surface area contributed by atoms with Crippen molar-refractivity contribution in [3.05, 3.63) is 36.5 Å². The van der Waals surface area contributed by atoms with Gasteiger partial charge in [0.1, 0.15) is 0 Å². The summed E-state index contributed by atoms with van der Waals surface area (Å²) in [7, 11) is 0. The summed E-state index contributed by atoms with van der Waals surface area (Å²) in [6, 6.07) is 10.3. The first-order chi connectivity index (χ1) is 8.43. The topological polar surface area (TPSA) is 26.6 Å². The first-order valence-corrected chi connectivity index (χ1v) is 5.93. The van der Waals surface area contributed by atoms with E-state index in [1.807, 2.05) is 23.1 Å². The molecular formula is C13H16N2O2. The number of fused-ring (bicyclic) bond motifs is 1. The van der Waals surface area contributed by atoms with Gasteiger partial charge in [-0.2, -0.15) is 4.73 Å². The molecule has 4 nitrogen and oxygen atoms in total. The molecule has 1 aliphatic heterocycles. The van der Waals surface area contributed by atoms with Gasteiger partial charge in [-0.3, -0.25) is 4.90 Å². The molecule has 2 aromatic rings. The molecule has 0 atom stereocenters. The molecule has 0 radical (unpaired) electrons. The van der Waals surface area contributed by atoms with Gasteiger partial charge in [-0.15, -0.1) is 0 Å². The monoisotopic (exact) mass is 232 g/mol. The fourth-order valence-electron chi connectivity index (χ4n) is 2.04. The van der Waals surface area contributed by atoms with Crippen LogP contribution in [0.5, 0.6) is 0 Å². The average molecular weight is 232 g/mol. The number of rotatable bonds is 3. The van der Waals surface area contributed by atoms with Crippen molar-refractivity contribution in [3.63, 3.8) is 0 Å². The van der Waals surface area contributed by atoms with Gasteiger partial charge in [0.15, 0.2) is 6.73 Å². The standard InChI is InChI=1S/C13H16N2O2/c1-2-4-13-12(3-1)5-6-15(13)17-11-14-7-9-16-10-8-14/h1-6H,7-11H2. The third-order valence-electron chi connectivity index (χ3n) is 3.05. The summed E-state index contributed by atoms with van der Waals surface area (Å²) < 4.78 is 7.14. The van der Waals surface area contributed by atoms with Crippen LogP contribution in [0, 0.1) is 0 Å². The predicted molar refractivity (Wildman–Crippen MR) is 65.8 cm³/mol. The molecule has 0 saturated carbocycles. The van der Waals surface area contributed by atoms with Gasteiger partial charge in [0, 0.05) is 24.7 Å². The van der Waals surface area contributed by atoms with Gasteiger partial charge in [0.25, 0.3) is 0 Å². The van der Waals surface area contributed by atoms with E-state index in [2.05, 4.69) is 23.1 Å². The van der Waals surface area contributed by atoms with Gasteiger partial charge < -0.3 is 9.57 Å². The summed E-state index contributed by atoms with van der Waals surface area (Å²) in [6.07, 6.45) is 1.96. The number of ether oxygens (including phenoxy) is 1. The van der Waals surface area contributed by atoms with Crippen LogP contribution in [0.25, 0.3) is 10.9 Å². The molecule has 0 aliphatic carbocycles. The van der Waals surface area contributed by atoms with E-state index in [0.29, 0.717) is 6.73 Å². The zero-order valence-electron chi connectivity index (χ0n) is 9.71. The van der Waals surface area contributed by atoms with Crippen molar-refractivity contribution in [3.8, 4) is 0 Å². The third kappa shape index (κ3) is 2.28. The number of morpholine rings is 1. The number of hydrogen-bond acceptors (Lipinski definition) is 3. The molecule has 1 aliphatic rings. The first-order valence-electron chi connectivity index (χ1n) is 5.93. The first kappa shape index (κ1) is 10.6. The molecule has 4 heteroatoms. The van der Waals surface area contributed by atoms with Crippen LogP contribution < -0.4 is 4.84 Å². The lowest BCUT2D eigenvalue weighted by Crippen LogP contribution is -2.40. The fourth-order valence-corrected chi connectivity index (χ4v) is 2.04. The highest BCUT2D eigenvalue weighted by molar-refractivity contribution is 5.79. The predicted octanol–water partition coefficient (Wildman–Crippen LogP) is 1.36. The summed E-state index contributed by atoms with van der Waals surface area (Å²) in [4.78, 5) is 8.03. The molecular weight excluding hydrogens is 216 g/mol. The van der Waals surface area contributed by atoms with Gasteiger partial charge in [0.2, 0.25) is 0 Å². The van der Waals surface area contributed by atoms with Crippen LogP contribution in [-0.4, -0.2) is 42.7 Å². The molecule has 1 aromatic carbocycles. The summed E-state index contributed by atoms with van der Waals surface area (Å²) in [6.45, 7) is 4.10. The van der Waals surface area contributed by atoms with Crippen molar-refractivity contribution < 1.29 is 9.57 Å². The Bertz CT molecular complexity index is 489. The van der Waals surface area contributed by atoms with Gasteiger partial charge in [-0.05, 0) is 12.1 Å². The van der Waals surface area contributed by atoms with E-state index in [-0.39, 0.29) is 0 Å². The normalized spacial score (nSPS) is 17.4. The van der Waals surface area contributed by atoms with Gasteiger partial charge in [-0.25, -0.2) is 0 Å². The Kier molecular flexibility index (Phi) is 2.98. The fraction of sp³-hybridized carbons (Fsp3) is 0.385. The van der Waals surface area contributed by atoms with E-state index >= 15 is 0 Å². The Morgan fingerprint density at radius 3 is 2.82 bits per heavy atom. The minimum atomic E-state index is 0.613. The zero-order chi connectivity index (χ0) is 11.5. The molecule has 0 spiro atoms. The molecule has 1 saturated heterocycles. The Morgan fingerprint density at radius 2 is 1.94 bits per heavy atom. The van der Waals surface area contributed by atoms with Crippen LogP contribution in [0.15, 0.2) is 36.5 Å². The molecule has 3 rings (SSSR count). The van der Waals surface area contributed by atoms with Crippen molar-refractivity contribution in [1.29, 1.82) is 0 Å². The Balaban J connectivity index is 1.68. The van der Waals surface area contributed by atoms with Crippen LogP contribution in [-0.2, 0) is 4.74 Å². The number of nitrogens with zero attached hydrogens (tertiary/aromatic N) is 2. The smallest absolute Gasteiger partial charge is 0.168 e. The van der Waals surface area contributed by atoms with Crippen molar-refractivity contribution in [1.82, 2.24) is 9.63 Å². The number of benzene rings is 1. The number of para-hydroxylation sites is 1. The minimum absolute atomic E-state index is 0.613. The second kappa shape index (κ2) is 4.77. The van der Waals surface area contributed by atoms with Crippen molar-refractivity contribution in [2.24, 2.45) is 0 Å². The maximum atomic E-state index is 5.79.